The zero-order chi connectivity index (χ0) is 28.7. The van der Waals surface area contributed by atoms with Gasteiger partial charge in [-0.15, -0.1) is 11.3 Å². The minimum atomic E-state index is -1.16. The average Bonchev–Trinajstić information content (AvgIpc) is 3.51. The molecule has 2 aromatic heterocycles. The first-order valence-corrected chi connectivity index (χ1v) is 13.9. The first kappa shape index (κ1) is 26.2. The third-order valence-corrected chi connectivity index (χ3v) is 8.17. The van der Waals surface area contributed by atoms with Crippen LogP contribution in [0.1, 0.15) is 23.0 Å². The highest BCUT2D eigenvalue weighted by atomic mass is 32.1. The van der Waals surface area contributed by atoms with Gasteiger partial charge in [0.05, 0.1) is 27.2 Å². The summed E-state index contributed by atoms with van der Waals surface area (Å²) in [6, 6.07) is 28.2. The van der Waals surface area contributed by atoms with E-state index in [1.54, 1.807) is 42.1 Å². The van der Waals surface area contributed by atoms with Gasteiger partial charge in [0, 0.05) is 18.0 Å². The molecule has 0 saturated heterocycles. The molecule has 2 heterocycles. The highest BCUT2D eigenvalue weighted by Crippen LogP contribution is 2.36. The van der Waals surface area contributed by atoms with Gasteiger partial charge in [-0.05, 0) is 49.6 Å². The summed E-state index contributed by atoms with van der Waals surface area (Å²) in [5.41, 5.74) is 3.03. The van der Waals surface area contributed by atoms with E-state index >= 15 is 0 Å². The third-order valence-electron chi connectivity index (χ3n) is 7.10. The molecule has 9 heteroatoms. The van der Waals surface area contributed by atoms with E-state index in [-0.39, 0.29) is 11.2 Å². The summed E-state index contributed by atoms with van der Waals surface area (Å²) < 4.78 is 9.84. The maximum Gasteiger partial charge on any atom is 0.339 e. The van der Waals surface area contributed by atoms with Crippen molar-refractivity contribution in [1.82, 2.24) is 14.3 Å². The molecule has 0 aliphatic rings. The predicted octanol–water partition coefficient (Wildman–Crippen LogP) is 6.10. The van der Waals surface area contributed by atoms with Crippen LogP contribution in [0.2, 0.25) is 0 Å². The van der Waals surface area contributed by atoms with Gasteiger partial charge >= 0.3 is 5.97 Å². The fourth-order valence-electron chi connectivity index (χ4n) is 4.89. The average molecular weight is 563 g/mol. The van der Waals surface area contributed by atoms with Crippen LogP contribution in [0.25, 0.3) is 37.2 Å². The quantitative estimate of drug-likeness (QED) is 0.248. The van der Waals surface area contributed by atoms with Crippen LogP contribution < -0.4 is 10.9 Å². The second-order valence-electron chi connectivity index (χ2n) is 9.67. The number of rotatable bonds is 6. The summed E-state index contributed by atoms with van der Waals surface area (Å²) in [6.45, 7) is 3.23. The minimum Gasteiger partial charge on any atom is -0.449 e. The Morgan fingerprint density at radius 3 is 2.39 bits per heavy atom. The Morgan fingerprint density at radius 1 is 0.927 bits per heavy atom. The Bertz CT molecular complexity index is 1970. The van der Waals surface area contributed by atoms with Crippen molar-refractivity contribution < 1.29 is 14.3 Å². The van der Waals surface area contributed by atoms with Gasteiger partial charge in [0.25, 0.3) is 11.5 Å². The largest absolute Gasteiger partial charge is 0.449 e. The number of nitrogens with one attached hydrogen (secondary N) is 1. The molecule has 0 fully saturated rings. The molecule has 1 atom stereocenters. The van der Waals surface area contributed by atoms with Crippen molar-refractivity contribution in [3.8, 4) is 16.3 Å². The summed E-state index contributed by atoms with van der Waals surface area (Å²) in [6.07, 6.45) is -1.16. The van der Waals surface area contributed by atoms with Gasteiger partial charge in [0.2, 0.25) is 0 Å². The molecule has 0 saturated carbocycles. The van der Waals surface area contributed by atoms with Crippen LogP contribution in [0.3, 0.4) is 0 Å². The van der Waals surface area contributed by atoms with Crippen molar-refractivity contribution in [2.75, 3.05) is 5.32 Å². The zero-order valence-electron chi connectivity index (χ0n) is 22.6. The van der Waals surface area contributed by atoms with Crippen molar-refractivity contribution in [2.24, 2.45) is 7.05 Å². The number of hydrogen-bond donors (Lipinski definition) is 1. The standard InChI is InChI=1S/C32H26N4O4S/c1-19-28(31(38)36(35(19)3)22-13-5-4-6-14-22)34-29(37)20(2)40-32(39)24-16-10-12-21-11-9-15-23(27(21)24)30-33-25-17-7-8-18-26(25)41-30/h4-18,20H,1-3H3,(H,34,37). The number of carbonyl (C=O) groups excluding carboxylic acids is 2. The topological polar surface area (TPSA) is 95.2 Å². The van der Waals surface area contributed by atoms with E-state index in [9.17, 15) is 14.4 Å². The van der Waals surface area contributed by atoms with E-state index in [4.69, 9.17) is 9.72 Å². The number of ether oxygens (including phenoxy) is 1. The first-order valence-electron chi connectivity index (χ1n) is 13.1. The maximum atomic E-state index is 13.5. The molecule has 41 heavy (non-hydrogen) atoms. The molecule has 1 unspecified atom stereocenters. The Morgan fingerprint density at radius 2 is 1.63 bits per heavy atom. The number of thiazole rings is 1. The number of para-hydroxylation sites is 2. The molecule has 0 aliphatic carbocycles. The van der Waals surface area contributed by atoms with Gasteiger partial charge in [-0.25, -0.2) is 14.5 Å². The van der Waals surface area contributed by atoms with Gasteiger partial charge in [-0.2, -0.15) is 0 Å². The van der Waals surface area contributed by atoms with Crippen LogP contribution in [0.5, 0.6) is 0 Å². The van der Waals surface area contributed by atoms with Crippen LogP contribution in [0.4, 0.5) is 5.69 Å². The number of hydrogen-bond acceptors (Lipinski definition) is 6. The molecule has 6 aromatic rings. The summed E-state index contributed by atoms with van der Waals surface area (Å²) in [7, 11) is 1.74. The lowest BCUT2D eigenvalue weighted by molar-refractivity contribution is -0.123. The summed E-state index contributed by atoms with van der Waals surface area (Å²) in [4.78, 5) is 44.6. The van der Waals surface area contributed by atoms with Crippen LogP contribution in [0, 0.1) is 6.92 Å². The Hall–Kier alpha value is -5.02. The summed E-state index contributed by atoms with van der Waals surface area (Å²) in [5.74, 6) is -1.24. The molecule has 0 spiro atoms. The second-order valence-corrected chi connectivity index (χ2v) is 10.7. The van der Waals surface area contributed by atoms with Crippen LogP contribution in [-0.2, 0) is 16.6 Å². The van der Waals surface area contributed by atoms with Crippen molar-refractivity contribution in [3.63, 3.8) is 0 Å². The number of benzene rings is 4. The molecular formula is C32H26N4O4S. The van der Waals surface area contributed by atoms with Crippen molar-refractivity contribution in [3.05, 3.63) is 113 Å². The summed E-state index contributed by atoms with van der Waals surface area (Å²) in [5, 5.41) is 5.03. The Labute approximate surface area is 239 Å². The number of carbonyl (C=O) groups is 2. The van der Waals surface area contributed by atoms with E-state index in [0.29, 0.717) is 22.3 Å². The van der Waals surface area contributed by atoms with Gasteiger partial charge in [-0.3, -0.25) is 14.3 Å². The zero-order valence-corrected chi connectivity index (χ0v) is 23.4. The molecular weight excluding hydrogens is 536 g/mol. The normalized spacial score (nSPS) is 12.0. The number of fused-ring (bicyclic) bond motifs is 2. The SMILES string of the molecule is Cc1c(NC(=O)C(C)OC(=O)c2cccc3cccc(-c4nc5ccccc5s4)c23)c(=O)n(-c2ccccc2)n1C. The summed E-state index contributed by atoms with van der Waals surface area (Å²) >= 11 is 1.55. The van der Waals surface area contributed by atoms with Crippen molar-refractivity contribution in [2.45, 2.75) is 20.0 Å². The molecule has 6 rings (SSSR count). The van der Waals surface area contributed by atoms with Crippen LogP contribution in [-0.4, -0.2) is 32.3 Å². The maximum absolute atomic E-state index is 13.5. The number of anilines is 1. The highest BCUT2D eigenvalue weighted by Gasteiger charge is 2.25. The van der Waals surface area contributed by atoms with Crippen molar-refractivity contribution in [1.29, 1.82) is 0 Å². The van der Waals surface area contributed by atoms with Gasteiger partial charge < -0.3 is 10.1 Å². The molecule has 0 bridgehead atoms. The molecule has 4 aromatic carbocycles. The fourth-order valence-corrected chi connectivity index (χ4v) is 5.89. The van der Waals surface area contributed by atoms with E-state index in [2.05, 4.69) is 5.32 Å². The molecule has 8 nitrogen and oxygen atoms in total. The Kier molecular flexibility index (Phi) is 6.72. The molecule has 1 N–H and O–H groups in total. The van der Waals surface area contributed by atoms with E-state index in [0.717, 1.165) is 26.2 Å². The number of nitrogens with zero attached hydrogens (tertiary/aromatic N) is 3. The van der Waals surface area contributed by atoms with Crippen LogP contribution >= 0.6 is 11.3 Å². The highest BCUT2D eigenvalue weighted by molar-refractivity contribution is 7.21. The lowest BCUT2D eigenvalue weighted by atomic mass is 9.99. The molecule has 1 amide bonds. The number of amides is 1. The van der Waals surface area contributed by atoms with Crippen LogP contribution in [0.15, 0.2) is 95.8 Å². The fraction of sp³-hybridized carbons (Fsp3) is 0.125. The first-order chi connectivity index (χ1) is 19.8. The smallest absolute Gasteiger partial charge is 0.339 e. The Balaban J connectivity index is 1.28. The van der Waals surface area contributed by atoms with Gasteiger partial charge in [0.15, 0.2) is 6.10 Å². The molecule has 0 aliphatic heterocycles. The third kappa shape index (κ3) is 4.70. The number of esters is 1. The molecule has 0 radical (unpaired) electrons. The predicted molar refractivity (Wildman–Crippen MR) is 162 cm³/mol. The lowest BCUT2D eigenvalue weighted by Crippen LogP contribution is -2.32. The van der Waals surface area contributed by atoms with Gasteiger partial charge in [0.1, 0.15) is 10.7 Å². The van der Waals surface area contributed by atoms with E-state index in [1.807, 2.05) is 78.9 Å². The van der Waals surface area contributed by atoms with E-state index in [1.165, 1.54) is 11.6 Å². The van der Waals surface area contributed by atoms with E-state index < -0.39 is 18.0 Å². The lowest BCUT2D eigenvalue weighted by Gasteiger charge is -2.15. The monoisotopic (exact) mass is 562 g/mol. The van der Waals surface area contributed by atoms with Gasteiger partial charge in [-0.1, -0.05) is 60.7 Å². The molecule has 204 valence electrons. The second kappa shape index (κ2) is 10.5. The number of aromatic nitrogens is 3. The van der Waals surface area contributed by atoms with Crippen molar-refractivity contribution >= 4 is 49.9 Å². The minimum absolute atomic E-state index is 0.132.